The summed E-state index contributed by atoms with van der Waals surface area (Å²) in [6.45, 7) is 1.11. The van der Waals surface area contributed by atoms with E-state index in [1.54, 1.807) is 0 Å². The summed E-state index contributed by atoms with van der Waals surface area (Å²) in [5, 5.41) is 0.642. The van der Waals surface area contributed by atoms with E-state index in [1.807, 2.05) is 30.3 Å². The smallest absolute Gasteiger partial charge is 0.162 e. The van der Waals surface area contributed by atoms with Crippen molar-refractivity contribution in [3.63, 3.8) is 0 Å². The van der Waals surface area contributed by atoms with Crippen LogP contribution in [0, 0.1) is 0 Å². The lowest BCUT2D eigenvalue weighted by Crippen LogP contribution is -2.17. The second-order valence-corrected chi connectivity index (χ2v) is 6.90. The van der Waals surface area contributed by atoms with Gasteiger partial charge in [-0.15, -0.1) is 0 Å². The summed E-state index contributed by atoms with van der Waals surface area (Å²) in [6.07, 6.45) is 0. The van der Waals surface area contributed by atoms with Crippen LogP contribution in [-0.4, -0.2) is 13.2 Å². The van der Waals surface area contributed by atoms with Crippen LogP contribution in [0.5, 0.6) is 11.5 Å². The molecule has 1 atom stereocenters. The first-order valence-electron chi connectivity index (χ1n) is 6.35. The van der Waals surface area contributed by atoms with E-state index in [1.165, 1.54) is 0 Å². The molecular formula is C15H12Br2ClNO2. The third kappa shape index (κ3) is 3.21. The first kappa shape index (κ1) is 15.2. The lowest BCUT2D eigenvalue weighted by molar-refractivity contribution is 0.171. The van der Waals surface area contributed by atoms with E-state index in [-0.39, 0.29) is 6.04 Å². The van der Waals surface area contributed by atoms with Gasteiger partial charge in [0.25, 0.3) is 0 Å². The minimum absolute atomic E-state index is 0.315. The molecule has 1 aliphatic heterocycles. The molecule has 21 heavy (non-hydrogen) atoms. The van der Waals surface area contributed by atoms with Gasteiger partial charge in [0, 0.05) is 14.0 Å². The van der Waals surface area contributed by atoms with E-state index >= 15 is 0 Å². The summed E-state index contributed by atoms with van der Waals surface area (Å²) < 4.78 is 13.0. The molecule has 2 aromatic carbocycles. The second-order valence-electron chi connectivity index (χ2n) is 4.70. The minimum atomic E-state index is -0.315. The van der Waals surface area contributed by atoms with Crippen molar-refractivity contribution < 1.29 is 9.47 Å². The number of rotatable bonds is 2. The molecule has 0 aliphatic carbocycles. The van der Waals surface area contributed by atoms with Crippen LogP contribution in [0.3, 0.4) is 0 Å². The van der Waals surface area contributed by atoms with Crippen LogP contribution in [0.1, 0.15) is 17.2 Å². The van der Waals surface area contributed by atoms with E-state index in [0.29, 0.717) is 18.2 Å². The van der Waals surface area contributed by atoms with Crippen LogP contribution < -0.4 is 15.2 Å². The van der Waals surface area contributed by atoms with E-state index < -0.39 is 0 Å². The van der Waals surface area contributed by atoms with E-state index in [9.17, 15) is 0 Å². The van der Waals surface area contributed by atoms with Gasteiger partial charge < -0.3 is 15.2 Å². The predicted octanol–water partition coefficient (Wildman–Crippen LogP) is 4.68. The molecule has 110 valence electrons. The molecule has 3 nitrogen and oxygen atoms in total. The van der Waals surface area contributed by atoms with Gasteiger partial charge in [-0.3, -0.25) is 0 Å². The molecular weight excluding hydrogens is 421 g/mol. The number of hydrogen-bond acceptors (Lipinski definition) is 3. The maximum Gasteiger partial charge on any atom is 0.162 e. The topological polar surface area (TPSA) is 44.5 Å². The molecule has 0 saturated carbocycles. The van der Waals surface area contributed by atoms with Gasteiger partial charge in [0.1, 0.15) is 13.2 Å². The fraction of sp³-hybridized carbons (Fsp3) is 0.200. The summed E-state index contributed by atoms with van der Waals surface area (Å²) >= 11 is 13.1. The highest BCUT2D eigenvalue weighted by atomic mass is 79.9. The van der Waals surface area contributed by atoms with Crippen molar-refractivity contribution in [2.24, 2.45) is 5.73 Å². The van der Waals surface area contributed by atoms with Crippen molar-refractivity contribution in [1.82, 2.24) is 0 Å². The number of nitrogens with two attached hydrogens (primary N) is 1. The Bertz CT molecular complexity index is 673. The molecule has 0 aromatic heterocycles. The minimum Gasteiger partial charge on any atom is -0.486 e. The Hall–Kier alpha value is -0.750. The molecule has 1 unspecified atom stereocenters. The number of ether oxygens (including phenoxy) is 2. The molecule has 0 amide bonds. The van der Waals surface area contributed by atoms with Gasteiger partial charge in [-0.2, -0.15) is 0 Å². The Morgan fingerprint density at radius 1 is 1.00 bits per heavy atom. The quantitative estimate of drug-likeness (QED) is 0.748. The molecule has 0 radical (unpaired) electrons. The van der Waals surface area contributed by atoms with Crippen LogP contribution in [-0.2, 0) is 0 Å². The van der Waals surface area contributed by atoms with Gasteiger partial charge in [0.15, 0.2) is 11.5 Å². The molecule has 0 bridgehead atoms. The van der Waals surface area contributed by atoms with Gasteiger partial charge >= 0.3 is 0 Å². The normalized spacial score (nSPS) is 14.9. The Balaban J connectivity index is 2.02. The molecule has 0 fully saturated rings. The van der Waals surface area contributed by atoms with Crippen molar-refractivity contribution in [2.45, 2.75) is 6.04 Å². The third-order valence-corrected chi connectivity index (χ3v) is 4.60. The fourth-order valence-corrected chi connectivity index (χ4v) is 3.71. The molecule has 1 heterocycles. The highest BCUT2D eigenvalue weighted by Gasteiger charge is 2.19. The molecule has 6 heteroatoms. The van der Waals surface area contributed by atoms with Gasteiger partial charge in [-0.1, -0.05) is 43.5 Å². The van der Waals surface area contributed by atoms with Crippen LogP contribution in [0.15, 0.2) is 39.3 Å². The van der Waals surface area contributed by atoms with Gasteiger partial charge in [-0.05, 0) is 41.5 Å². The maximum atomic E-state index is 6.38. The number of benzene rings is 2. The maximum absolute atomic E-state index is 6.38. The van der Waals surface area contributed by atoms with Gasteiger partial charge in [0.2, 0.25) is 0 Å². The lowest BCUT2D eigenvalue weighted by Gasteiger charge is -2.22. The second kappa shape index (κ2) is 6.16. The van der Waals surface area contributed by atoms with Crippen molar-refractivity contribution >= 4 is 43.5 Å². The largest absolute Gasteiger partial charge is 0.486 e. The predicted molar refractivity (Wildman–Crippen MR) is 90.3 cm³/mol. The zero-order valence-corrected chi connectivity index (χ0v) is 14.8. The molecule has 0 saturated heterocycles. The Morgan fingerprint density at radius 3 is 2.33 bits per heavy atom. The SMILES string of the molecule is NC(c1cc(Cl)cc(Br)c1)c1cc2c(cc1Br)OCCO2. The van der Waals surface area contributed by atoms with Gasteiger partial charge in [-0.25, -0.2) is 0 Å². The van der Waals surface area contributed by atoms with Crippen molar-refractivity contribution in [3.05, 3.63) is 55.4 Å². The Labute approximate surface area is 144 Å². The monoisotopic (exact) mass is 431 g/mol. The third-order valence-electron chi connectivity index (χ3n) is 3.24. The zero-order chi connectivity index (χ0) is 15.0. The standard InChI is InChI=1S/C15H12Br2ClNO2/c16-9-3-8(4-10(18)5-9)15(19)11-6-13-14(7-12(11)17)21-2-1-20-13/h3-7,15H,1-2,19H2. The molecule has 1 aliphatic rings. The molecule has 2 aromatic rings. The highest BCUT2D eigenvalue weighted by molar-refractivity contribution is 9.10. The summed E-state index contributed by atoms with van der Waals surface area (Å²) in [5.41, 5.74) is 8.23. The fourth-order valence-electron chi connectivity index (χ4n) is 2.25. The van der Waals surface area contributed by atoms with Crippen LogP contribution in [0.4, 0.5) is 0 Å². The average Bonchev–Trinajstić information content (AvgIpc) is 2.44. The van der Waals surface area contributed by atoms with Crippen molar-refractivity contribution in [1.29, 1.82) is 0 Å². The highest BCUT2D eigenvalue weighted by Crippen LogP contribution is 2.39. The number of fused-ring (bicyclic) bond motifs is 1. The summed E-state index contributed by atoms with van der Waals surface area (Å²) in [5.74, 6) is 1.45. The first-order chi connectivity index (χ1) is 10.0. The van der Waals surface area contributed by atoms with Crippen LogP contribution in [0.25, 0.3) is 0 Å². The van der Waals surface area contributed by atoms with Crippen LogP contribution >= 0.6 is 43.5 Å². The lowest BCUT2D eigenvalue weighted by atomic mass is 9.99. The van der Waals surface area contributed by atoms with E-state index in [2.05, 4.69) is 31.9 Å². The molecule has 3 rings (SSSR count). The summed E-state index contributed by atoms with van der Waals surface area (Å²) in [7, 11) is 0. The molecule has 2 N–H and O–H groups in total. The number of halogens is 3. The van der Waals surface area contributed by atoms with Crippen molar-refractivity contribution in [3.8, 4) is 11.5 Å². The zero-order valence-electron chi connectivity index (χ0n) is 10.9. The Morgan fingerprint density at radius 2 is 1.67 bits per heavy atom. The van der Waals surface area contributed by atoms with E-state index in [4.69, 9.17) is 26.8 Å². The van der Waals surface area contributed by atoms with Crippen molar-refractivity contribution in [2.75, 3.05) is 13.2 Å². The molecule has 0 spiro atoms. The summed E-state index contributed by atoms with van der Waals surface area (Å²) in [6, 6.07) is 9.14. The first-order valence-corrected chi connectivity index (χ1v) is 8.31. The summed E-state index contributed by atoms with van der Waals surface area (Å²) in [4.78, 5) is 0. The van der Waals surface area contributed by atoms with E-state index in [0.717, 1.165) is 31.6 Å². The van der Waals surface area contributed by atoms with Gasteiger partial charge in [0.05, 0.1) is 6.04 Å². The van der Waals surface area contributed by atoms with Crippen LogP contribution in [0.2, 0.25) is 5.02 Å². The average molecular weight is 434 g/mol. The number of hydrogen-bond donors (Lipinski definition) is 1. The Kier molecular flexibility index (Phi) is 4.45.